The lowest BCUT2D eigenvalue weighted by atomic mass is 10.0. The molecular formula is C15H16F2N2O2. The fraction of sp³-hybridized carbons (Fsp3) is 0.267. The zero-order chi connectivity index (χ0) is 15.6. The maximum absolute atomic E-state index is 13.2. The molecule has 0 aliphatic heterocycles. The summed E-state index contributed by atoms with van der Waals surface area (Å²) in [5, 5.41) is 12.7. The van der Waals surface area contributed by atoms with Crippen molar-refractivity contribution >= 4 is 5.91 Å². The van der Waals surface area contributed by atoms with Crippen molar-refractivity contribution in [3.63, 3.8) is 0 Å². The topological polar surface area (TPSA) is 54.3 Å². The van der Waals surface area contributed by atoms with Gasteiger partial charge in [-0.3, -0.25) is 4.79 Å². The summed E-state index contributed by atoms with van der Waals surface area (Å²) in [6, 6.07) is 5.87. The molecule has 0 saturated heterocycles. The number of aryl methyl sites for hydroxylation is 1. The molecule has 2 aromatic rings. The number of nitrogens with one attached hydrogen (secondary N) is 1. The van der Waals surface area contributed by atoms with Gasteiger partial charge in [-0.05, 0) is 36.8 Å². The molecule has 2 atom stereocenters. The van der Waals surface area contributed by atoms with Gasteiger partial charge >= 0.3 is 0 Å². The first-order valence-electron chi connectivity index (χ1n) is 6.45. The van der Waals surface area contributed by atoms with E-state index in [0.29, 0.717) is 5.69 Å². The number of aliphatic hydroxyl groups excluding tert-OH is 1. The number of rotatable bonds is 4. The van der Waals surface area contributed by atoms with Crippen molar-refractivity contribution in [2.24, 2.45) is 7.05 Å². The Morgan fingerprint density at radius 1 is 1.29 bits per heavy atom. The molecule has 4 nitrogen and oxygen atoms in total. The van der Waals surface area contributed by atoms with Gasteiger partial charge in [-0.1, -0.05) is 6.07 Å². The SMILES string of the molecule is CC(NC(=O)c1cccn1C)C(O)c1ccc(F)c(F)c1. The van der Waals surface area contributed by atoms with E-state index in [9.17, 15) is 18.7 Å². The molecule has 2 rings (SSSR count). The van der Waals surface area contributed by atoms with Gasteiger partial charge in [0.05, 0.1) is 12.1 Å². The van der Waals surface area contributed by atoms with Gasteiger partial charge in [-0.2, -0.15) is 0 Å². The summed E-state index contributed by atoms with van der Waals surface area (Å²) in [4.78, 5) is 12.0. The zero-order valence-corrected chi connectivity index (χ0v) is 11.7. The molecule has 1 amide bonds. The van der Waals surface area contributed by atoms with E-state index in [0.717, 1.165) is 12.1 Å². The summed E-state index contributed by atoms with van der Waals surface area (Å²) >= 11 is 0. The summed E-state index contributed by atoms with van der Waals surface area (Å²) in [5.41, 5.74) is 0.646. The number of carbonyl (C=O) groups is 1. The Hall–Kier alpha value is -2.21. The molecule has 0 aliphatic rings. The Morgan fingerprint density at radius 2 is 2.00 bits per heavy atom. The minimum Gasteiger partial charge on any atom is -0.386 e. The van der Waals surface area contributed by atoms with E-state index in [1.165, 1.54) is 6.07 Å². The smallest absolute Gasteiger partial charge is 0.268 e. The first kappa shape index (κ1) is 15.2. The van der Waals surface area contributed by atoms with Crippen LogP contribution in [-0.2, 0) is 7.05 Å². The van der Waals surface area contributed by atoms with Gasteiger partial charge < -0.3 is 15.0 Å². The largest absolute Gasteiger partial charge is 0.386 e. The molecule has 0 radical (unpaired) electrons. The first-order valence-corrected chi connectivity index (χ1v) is 6.45. The van der Waals surface area contributed by atoms with E-state index in [4.69, 9.17) is 0 Å². The van der Waals surface area contributed by atoms with Gasteiger partial charge in [0.2, 0.25) is 0 Å². The Balaban J connectivity index is 2.09. The molecule has 0 saturated carbocycles. The number of hydrogen-bond donors (Lipinski definition) is 2. The molecule has 0 bridgehead atoms. The quantitative estimate of drug-likeness (QED) is 0.908. The summed E-state index contributed by atoms with van der Waals surface area (Å²) in [6.45, 7) is 1.59. The third kappa shape index (κ3) is 3.28. The summed E-state index contributed by atoms with van der Waals surface area (Å²) in [6.07, 6.45) is 0.593. The number of hydrogen-bond acceptors (Lipinski definition) is 2. The molecule has 21 heavy (non-hydrogen) atoms. The summed E-state index contributed by atoms with van der Waals surface area (Å²) in [5.74, 6) is -2.37. The molecule has 1 aromatic carbocycles. The maximum atomic E-state index is 13.2. The molecule has 0 fully saturated rings. The minimum absolute atomic E-state index is 0.202. The van der Waals surface area contributed by atoms with Gasteiger partial charge in [0.25, 0.3) is 5.91 Å². The highest BCUT2D eigenvalue weighted by Gasteiger charge is 2.21. The molecule has 6 heteroatoms. The van der Waals surface area contributed by atoms with Crippen LogP contribution in [0.4, 0.5) is 8.78 Å². The number of carbonyl (C=O) groups excluding carboxylic acids is 1. The molecule has 0 spiro atoms. The molecule has 112 valence electrons. The summed E-state index contributed by atoms with van der Waals surface area (Å²) < 4.78 is 27.7. The van der Waals surface area contributed by atoms with Crippen molar-refractivity contribution in [1.29, 1.82) is 0 Å². The van der Waals surface area contributed by atoms with E-state index >= 15 is 0 Å². The number of nitrogens with zero attached hydrogens (tertiary/aromatic N) is 1. The lowest BCUT2D eigenvalue weighted by Crippen LogP contribution is -2.37. The number of amides is 1. The van der Waals surface area contributed by atoms with Crippen molar-refractivity contribution in [2.75, 3.05) is 0 Å². The Morgan fingerprint density at radius 3 is 2.57 bits per heavy atom. The molecule has 1 heterocycles. The number of aliphatic hydroxyl groups is 1. The van der Waals surface area contributed by atoms with Crippen LogP contribution in [0.5, 0.6) is 0 Å². The van der Waals surface area contributed by atoms with Crippen molar-refractivity contribution < 1.29 is 18.7 Å². The van der Waals surface area contributed by atoms with Crippen LogP contribution in [-0.4, -0.2) is 21.6 Å². The standard InChI is InChI=1S/C15H16F2N2O2/c1-9(18-15(21)13-4-3-7-19(13)2)14(20)10-5-6-11(16)12(17)8-10/h3-9,14,20H,1-2H3,(H,18,21). The average Bonchev–Trinajstić information content (AvgIpc) is 2.87. The number of halogens is 2. The average molecular weight is 294 g/mol. The molecule has 2 N–H and O–H groups in total. The Kier molecular flexibility index (Phi) is 4.37. The molecular weight excluding hydrogens is 278 g/mol. The second kappa shape index (κ2) is 6.05. The highest BCUT2D eigenvalue weighted by molar-refractivity contribution is 5.92. The monoisotopic (exact) mass is 294 g/mol. The van der Waals surface area contributed by atoms with Crippen molar-refractivity contribution in [1.82, 2.24) is 9.88 Å². The van der Waals surface area contributed by atoms with Crippen LogP contribution in [0.1, 0.15) is 29.1 Å². The van der Waals surface area contributed by atoms with Crippen LogP contribution < -0.4 is 5.32 Å². The molecule has 0 aliphatic carbocycles. The van der Waals surface area contributed by atoms with Crippen molar-refractivity contribution in [3.05, 3.63) is 59.4 Å². The van der Waals surface area contributed by atoms with E-state index in [-0.39, 0.29) is 11.5 Å². The van der Waals surface area contributed by atoms with Crippen molar-refractivity contribution in [2.45, 2.75) is 19.1 Å². The van der Waals surface area contributed by atoms with E-state index < -0.39 is 23.8 Å². The second-order valence-electron chi connectivity index (χ2n) is 4.88. The Labute approximate surface area is 121 Å². The fourth-order valence-corrected chi connectivity index (χ4v) is 2.04. The van der Waals surface area contributed by atoms with Gasteiger partial charge in [-0.25, -0.2) is 8.78 Å². The lowest BCUT2D eigenvalue weighted by molar-refractivity contribution is 0.0844. The molecule has 1 aromatic heterocycles. The Bertz CT molecular complexity index is 655. The van der Waals surface area contributed by atoms with E-state index in [1.54, 1.807) is 36.9 Å². The van der Waals surface area contributed by atoms with Crippen LogP contribution in [0, 0.1) is 11.6 Å². The van der Waals surface area contributed by atoms with Gasteiger partial charge in [0.1, 0.15) is 5.69 Å². The van der Waals surface area contributed by atoms with Gasteiger partial charge in [0.15, 0.2) is 11.6 Å². The van der Waals surface area contributed by atoms with Crippen LogP contribution in [0.15, 0.2) is 36.5 Å². The van der Waals surface area contributed by atoms with Crippen LogP contribution in [0.3, 0.4) is 0 Å². The van der Waals surface area contributed by atoms with E-state index in [2.05, 4.69) is 5.32 Å². The number of benzene rings is 1. The van der Waals surface area contributed by atoms with Crippen LogP contribution in [0.25, 0.3) is 0 Å². The first-order chi connectivity index (χ1) is 9.90. The fourth-order valence-electron chi connectivity index (χ4n) is 2.04. The van der Waals surface area contributed by atoms with Gasteiger partial charge in [-0.15, -0.1) is 0 Å². The van der Waals surface area contributed by atoms with Gasteiger partial charge in [0, 0.05) is 13.2 Å². The minimum atomic E-state index is -1.13. The lowest BCUT2D eigenvalue weighted by Gasteiger charge is -2.21. The summed E-state index contributed by atoms with van der Waals surface area (Å²) in [7, 11) is 1.73. The van der Waals surface area contributed by atoms with Crippen LogP contribution >= 0.6 is 0 Å². The predicted molar refractivity (Wildman–Crippen MR) is 73.7 cm³/mol. The highest BCUT2D eigenvalue weighted by atomic mass is 19.2. The third-order valence-corrected chi connectivity index (χ3v) is 3.29. The number of aromatic nitrogens is 1. The zero-order valence-electron chi connectivity index (χ0n) is 11.7. The van der Waals surface area contributed by atoms with Crippen molar-refractivity contribution in [3.8, 4) is 0 Å². The highest BCUT2D eigenvalue weighted by Crippen LogP contribution is 2.19. The molecule has 2 unspecified atom stereocenters. The predicted octanol–water partition coefficient (Wildman–Crippen LogP) is 2.16. The van der Waals surface area contributed by atoms with E-state index in [1.807, 2.05) is 0 Å². The maximum Gasteiger partial charge on any atom is 0.268 e. The third-order valence-electron chi connectivity index (χ3n) is 3.29. The van der Waals surface area contributed by atoms with Crippen LogP contribution in [0.2, 0.25) is 0 Å². The normalized spacial score (nSPS) is 13.8. The second-order valence-corrected chi connectivity index (χ2v) is 4.88.